The minimum Gasteiger partial charge on any atom is -0.161 e. The van der Waals surface area contributed by atoms with Gasteiger partial charge >= 0.3 is 8.03 Å². The van der Waals surface area contributed by atoms with Crippen molar-refractivity contribution in [2.45, 2.75) is 25.4 Å². The fraction of sp³-hybridized carbons (Fsp3) is 0.667. The van der Waals surface area contributed by atoms with E-state index in [-0.39, 0.29) is 5.66 Å². The van der Waals surface area contributed by atoms with Crippen molar-refractivity contribution < 1.29 is 9.46 Å². The van der Waals surface area contributed by atoms with E-state index in [0.717, 1.165) is 6.42 Å². The van der Waals surface area contributed by atoms with Crippen LogP contribution in [0.15, 0.2) is 12.7 Å². The highest BCUT2D eigenvalue weighted by molar-refractivity contribution is 7.38. The monoisotopic (exact) mass is 147 g/mol. The van der Waals surface area contributed by atoms with E-state index in [1.54, 1.807) is 6.08 Å². The molecule has 52 valence electrons. The highest BCUT2D eigenvalue weighted by atomic mass is 31.1. The van der Waals surface area contributed by atoms with Crippen LogP contribution in [-0.4, -0.2) is 10.6 Å². The molecular weight excluding hydrogens is 135 g/mol. The average Bonchev–Trinajstić information content (AvgIpc) is 1.82. The first-order valence-corrected chi connectivity index (χ1v) is 4.26. The molecule has 0 saturated carbocycles. The third-order valence-electron chi connectivity index (χ3n) is 1.22. The summed E-state index contributed by atoms with van der Waals surface area (Å²) in [6.07, 6.45) is 3.07. The van der Waals surface area contributed by atoms with Crippen molar-refractivity contribution in [3.63, 3.8) is 0 Å². The average molecular weight is 147 g/mol. The minimum absolute atomic E-state index is 0.0856. The Kier molecular flexibility index (Phi) is 4.55. The largest absolute Gasteiger partial charge is 0.508 e. The maximum absolute atomic E-state index is 10.4. The van der Waals surface area contributed by atoms with Crippen LogP contribution >= 0.6 is 8.03 Å². The quantitative estimate of drug-likeness (QED) is 0.488. The molecule has 0 radical (unpaired) electrons. The zero-order valence-electron chi connectivity index (χ0n) is 5.58. The molecule has 1 N–H and O–H groups in total. The molecule has 2 atom stereocenters. The van der Waals surface area contributed by atoms with Gasteiger partial charge < -0.3 is 0 Å². The van der Waals surface area contributed by atoms with Gasteiger partial charge in [0.2, 0.25) is 0 Å². The minimum atomic E-state index is -1.99. The summed E-state index contributed by atoms with van der Waals surface area (Å²) in [5.41, 5.74) is -0.0856. The Morgan fingerprint density at radius 3 is 2.56 bits per heavy atom. The molecule has 0 aromatic heterocycles. The Labute approximate surface area is 56.5 Å². The lowest BCUT2D eigenvalue weighted by Crippen LogP contribution is -1.96. The summed E-state index contributed by atoms with van der Waals surface area (Å²) < 4.78 is 10.4. The van der Waals surface area contributed by atoms with Gasteiger partial charge in [0.25, 0.3) is 0 Å². The normalized spacial score (nSPS) is 14.7. The van der Waals surface area contributed by atoms with Crippen LogP contribution in [0.4, 0.5) is 0 Å². The van der Waals surface area contributed by atoms with Crippen LogP contribution in [0.25, 0.3) is 0 Å². The summed E-state index contributed by atoms with van der Waals surface area (Å²) in [6, 6.07) is 0. The van der Waals surface area contributed by atoms with Crippen LogP contribution in [0.5, 0.6) is 0 Å². The van der Waals surface area contributed by atoms with Gasteiger partial charge in [0, 0.05) is 6.42 Å². The van der Waals surface area contributed by atoms with Crippen LogP contribution in [0.3, 0.4) is 0 Å². The summed E-state index contributed by atoms with van der Waals surface area (Å²) in [6.45, 7) is 5.39. The fourth-order valence-electron chi connectivity index (χ4n) is 0.605. The third-order valence-corrected chi connectivity index (χ3v) is 2.42. The standard InChI is InChI=1S/C6H11O2P/c1-3-5-6(4-2)9(7)8/h3,6H,1,4-5H2,2H3/p+1. The van der Waals surface area contributed by atoms with Crippen LogP contribution < -0.4 is 0 Å². The lowest BCUT2D eigenvalue weighted by molar-refractivity contribution is 0.486. The molecule has 0 spiro atoms. The molecule has 2 unspecified atom stereocenters. The molecule has 2 nitrogen and oxygen atoms in total. The maximum atomic E-state index is 10.4. The third kappa shape index (κ3) is 3.39. The van der Waals surface area contributed by atoms with E-state index >= 15 is 0 Å². The van der Waals surface area contributed by atoms with E-state index in [4.69, 9.17) is 4.89 Å². The molecule has 0 aliphatic heterocycles. The van der Waals surface area contributed by atoms with Crippen LogP contribution in [-0.2, 0) is 4.57 Å². The number of rotatable bonds is 4. The smallest absolute Gasteiger partial charge is 0.161 e. The zero-order valence-corrected chi connectivity index (χ0v) is 6.47. The molecule has 3 heteroatoms. The van der Waals surface area contributed by atoms with Gasteiger partial charge in [0.15, 0.2) is 5.66 Å². The van der Waals surface area contributed by atoms with Crippen molar-refractivity contribution in [3.05, 3.63) is 12.7 Å². The van der Waals surface area contributed by atoms with E-state index in [9.17, 15) is 4.57 Å². The van der Waals surface area contributed by atoms with Gasteiger partial charge in [0.1, 0.15) is 0 Å². The number of hydrogen-bond donors (Lipinski definition) is 1. The first kappa shape index (κ1) is 8.80. The van der Waals surface area contributed by atoms with Gasteiger partial charge in [-0.25, -0.2) is 0 Å². The molecule has 0 fully saturated rings. The molecule has 0 rings (SSSR count). The van der Waals surface area contributed by atoms with Crippen molar-refractivity contribution in [1.29, 1.82) is 0 Å². The second kappa shape index (κ2) is 4.66. The molecule has 0 aliphatic rings. The second-order valence-electron chi connectivity index (χ2n) is 1.89. The summed E-state index contributed by atoms with van der Waals surface area (Å²) in [5.74, 6) is 0. The highest BCUT2D eigenvalue weighted by Crippen LogP contribution is 2.27. The lowest BCUT2D eigenvalue weighted by atomic mass is 10.2. The van der Waals surface area contributed by atoms with Crippen molar-refractivity contribution in [2.24, 2.45) is 0 Å². The molecule has 0 bridgehead atoms. The van der Waals surface area contributed by atoms with Crippen molar-refractivity contribution in [3.8, 4) is 0 Å². The Balaban J connectivity index is 3.67. The lowest BCUT2D eigenvalue weighted by Gasteiger charge is -1.92. The van der Waals surface area contributed by atoms with E-state index in [1.807, 2.05) is 6.92 Å². The summed E-state index contributed by atoms with van der Waals surface area (Å²) in [7, 11) is -1.99. The fourth-order valence-corrected chi connectivity index (χ4v) is 1.25. The Hall–Kier alpha value is -0.200. The Bertz CT molecular complexity index is 112. The van der Waals surface area contributed by atoms with Crippen molar-refractivity contribution in [1.82, 2.24) is 0 Å². The molecule has 0 aliphatic carbocycles. The Morgan fingerprint density at radius 1 is 1.89 bits per heavy atom. The molecule has 9 heavy (non-hydrogen) atoms. The molecular formula is C6H12O2P+. The van der Waals surface area contributed by atoms with Gasteiger partial charge in [-0.1, -0.05) is 13.0 Å². The van der Waals surface area contributed by atoms with Crippen LogP contribution in [0, 0.1) is 0 Å². The topological polar surface area (TPSA) is 37.3 Å². The predicted molar refractivity (Wildman–Crippen MR) is 38.7 cm³/mol. The van der Waals surface area contributed by atoms with Gasteiger partial charge in [-0.05, 0) is 11.0 Å². The van der Waals surface area contributed by atoms with Crippen molar-refractivity contribution >= 4 is 8.03 Å². The van der Waals surface area contributed by atoms with Crippen LogP contribution in [0.1, 0.15) is 19.8 Å². The SMILES string of the molecule is C=CCC(CC)[P+](=O)O. The van der Waals surface area contributed by atoms with E-state index in [2.05, 4.69) is 6.58 Å². The molecule has 0 aromatic carbocycles. The molecule has 0 amide bonds. The molecule has 0 saturated heterocycles. The first-order chi connectivity index (χ1) is 4.22. The number of hydrogen-bond acceptors (Lipinski definition) is 1. The summed E-state index contributed by atoms with van der Waals surface area (Å²) in [5, 5.41) is 0. The molecule has 0 aromatic rings. The molecule has 0 heterocycles. The second-order valence-corrected chi connectivity index (χ2v) is 3.22. The summed E-state index contributed by atoms with van der Waals surface area (Å²) >= 11 is 0. The van der Waals surface area contributed by atoms with Crippen LogP contribution in [0.2, 0.25) is 0 Å². The van der Waals surface area contributed by atoms with E-state index in [0.29, 0.717) is 6.42 Å². The maximum Gasteiger partial charge on any atom is 0.508 e. The number of allylic oxidation sites excluding steroid dienone is 1. The van der Waals surface area contributed by atoms with Gasteiger partial charge in [0.05, 0.1) is 0 Å². The zero-order chi connectivity index (χ0) is 7.28. The van der Waals surface area contributed by atoms with Crippen molar-refractivity contribution in [2.75, 3.05) is 0 Å². The first-order valence-electron chi connectivity index (χ1n) is 2.98. The van der Waals surface area contributed by atoms with Gasteiger partial charge in [-0.2, -0.15) is 4.89 Å². The predicted octanol–water partition coefficient (Wildman–Crippen LogP) is 2.08. The van der Waals surface area contributed by atoms with E-state index < -0.39 is 8.03 Å². The van der Waals surface area contributed by atoms with E-state index in [1.165, 1.54) is 0 Å². The van der Waals surface area contributed by atoms with Gasteiger partial charge in [-0.15, -0.1) is 6.58 Å². The highest BCUT2D eigenvalue weighted by Gasteiger charge is 2.24. The summed E-state index contributed by atoms with van der Waals surface area (Å²) in [4.78, 5) is 8.60. The van der Waals surface area contributed by atoms with Gasteiger partial charge in [-0.3, -0.25) is 0 Å². The Morgan fingerprint density at radius 2 is 2.44 bits per heavy atom.